The number of hydrogen-bond acceptors (Lipinski definition) is 3. The van der Waals surface area contributed by atoms with Crippen molar-refractivity contribution in [1.29, 1.82) is 0 Å². The zero-order valence-electron chi connectivity index (χ0n) is 13.1. The first kappa shape index (κ1) is 16.5. The number of carboxylic acid groups (broad SMARTS) is 1. The minimum absolute atomic E-state index is 0.0655. The highest BCUT2D eigenvalue weighted by atomic mass is 16.5. The lowest BCUT2D eigenvalue weighted by Gasteiger charge is -2.25. The Morgan fingerprint density at radius 2 is 1.68 bits per heavy atom. The molecule has 22 heavy (non-hydrogen) atoms. The van der Waals surface area contributed by atoms with E-state index in [1.54, 1.807) is 18.2 Å². The molecule has 0 atom stereocenters. The van der Waals surface area contributed by atoms with Gasteiger partial charge in [0, 0.05) is 0 Å². The molecule has 0 aliphatic heterocycles. The third-order valence-corrected chi connectivity index (χ3v) is 4.41. The number of benzene rings is 1. The molecular formula is C18H24O4. The molecule has 0 unspecified atom stereocenters. The molecule has 4 heteroatoms. The van der Waals surface area contributed by atoms with Crippen LogP contribution in [0.5, 0.6) is 0 Å². The normalized spacial score (nSPS) is 21.3. The topological polar surface area (TPSA) is 63.6 Å². The summed E-state index contributed by atoms with van der Waals surface area (Å²) in [6.07, 6.45) is 4.76. The van der Waals surface area contributed by atoms with Crippen molar-refractivity contribution < 1.29 is 19.4 Å². The standard InChI is InChI=1S/C18H24O4/c1-13-6-8-14(9-7-13)12-22-18(21)11-16-5-3-2-4-15(16)10-17(19)20/h2-5,13-14H,6-12H2,1H3,(H,19,20). The average molecular weight is 304 g/mol. The first-order valence-electron chi connectivity index (χ1n) is 7.98. The maximum absolute atomic E-state index is 12.0. The number of ether oxygens (including phenoxy) is 1. The maximum atomic E-state index is 12.0. The van der Waals surface area contributed by atoms with E-state index in [1.807, 2.05) is 6.07 Å². The summed E-state index contributed by atoms with van der Waals surface area (Å²) in [6.45, 7) is 2.76. The van der Waals surface area contributed by atoms with Crippen molar-refractivity contribution in [1.82, 2.24) is 0 Å². The first-order valence-corrected chi connectivity index (χ1v) is 7.98. The highest BCUT2D eigenvalue weighted by Gasteiger charge is 2.20. The minimum atomic E-state index is -0.892. The molecule has 0 spiro atoms. The zero-order valence-corrected chi connectivity index (χ0v) is 13.1. The minimum Gasteiger partial charge on any atom is -0.481 e. The van der Waals surface area contributed by atoms with Crippen molar-refractivity contribution in [3.05, 3.63) is 35.4 Å². The fraction of sp³-hybridized carbons (Fsp3) is 0.556. The van der Waals surface area contributed by atoms with Gasteiger partial charge in [0.25, 0.3) is 0 Å². The van der Waals surface area contributed by atoms with Gasteiger partial charge < -0.3 is 9.84 Å². The molecule has 0 radical (unpaired) electrons. The predicted molar refractivity (Wildman–Crippen MR) is 83.6 cm³/mol. The second-order valence-electron chi connectivity index (χ2n) is 6.32. The molecule has 1 fully saturated rings. The maximum Gasteiger partial charge on any atom is 0.310 e. The molecule has 0 saturated heterocycles. The van der Waals surface area contributed by atoms with E-state index in [0.29, 0.717) is 18.1 Å². The van der Waals surface area contributed by atoms with Crippen LogP contribution in [-0.2, 0) is 27.2 Å². The third-order valence-electron chi connectivity index (χ3n) is 4.41. The number of esters is 1. The molecule has 1 N–H and O–H groups in total. The van der Waals surface area contributed by atoms with Crippen molar-refractivity contribution in [3.63, 3.8) is 0 Å². The molecule has 1 aliphatic rings. The Kier molecular flexibility index (Phi) is 5.99. The van der Waals surface area contributed by atoms with Crippen LogP contribution in [0, 0.1) is 11.8 Å². The summed E-state index contributed by atoms with van der Waals surface area (Å²) in [6, 6.07) is 7.15. The molecular weight excluding hydrogens is 280 g/mol. The van der Waals surface area contributed by atoms with Crippen LogP contribution in [0.1, 0.15) is 43.7 Å². The molecule has 1 aromatic rings. The van der Waals surface area contributed by atoms with Crippen molar-refractivity contribution in [3.8, 4) is 0 Å². The second kappa shape index (κ2) is 7.97. The number of carbonyl (C=O) groups excluding carboxylic acids is 1. The van der Waals surface area contributed by atoms with Crippen LogP contribution in [0.4, 0.5) is 0 Å². The lowest BCUT2D eigenvalue weighted by Crippen LogP contribution is -2.20. The summed E-state index contributed by atoms with van der Waals surface area (Å²) in [4.78, 5) is 22.8. The number of carboxylic acids is 1. The van der Waals surface area contributed by atoms with Gasteiger partial charge in [0.1, 0.15) is 0 Å². The van der Waals surface area contributed by atoms with Gasteiger partial charge in [-0.1, -0.05) is 44.0 Å². The lowest BCUT2D eigenvalue weighted by molar-refractivity contribution is -0.144. The summed E-state index contributed by atoms with van der Waals surface area (Å²) >= 11 is 0. The van der Waals surface area contributed by atoms with Gasteiger partial charge in [0.05, 0.1) is 19.4 Å². The predicted octanol–water partition coefficient (Wildman–Crippen LogP) is 3.23. The van der Waals surface area contributed by atoms with Gasteiger partial charge in [-0.2, -0.15) is 0 Å². The zero-order chi connectivity index (χ0) is 15.9. The smallest absolute Gasteiger partial charge is 0.310 e. The molecule has 4 nitrogen and oxygen atoms in total. The summed E-state index contributed by atoms with van der Waals surface area (Å²) in [5, 5.41) is 8.90. The molecule has 0 bridgehead atoms. The molecule has 0 amide bonds. The van der Waals surface area contributed by atoms with E-state index in [0.717, 1.165) is 24.3 Å². The molecule has 2 rings (SSSR count). The van der Waals surface area contributed by atoms with Crippen LogP contribution in [0.3, 0.4) is 0 Å². The summed E-state index contributed by atoms with van der Waals surface area (Å²) in [5.41, 5.74) is 1.42. The van der Waals surface area contributed by atoms with E-state index in [2.05, 4.69) is 6.92 Å². The van der Waals surface area contributed by atoms with Crippen LogP contribution in [0.2, 0.25) is 0 Å². The Morgan fingerprint density at radius 3 is 2.27 bits per heavy atom. The van der Waals surface area contributed by atoms with E-state index in [9.17, 15) is 9.59 Å². The summed E-state index contributed by atoms with van der Waals surface area (Å²) < 4.78 is 5.39. The Balaban J connectivity index is 1.83. The monoisotopic (exact) mass is 304 g/mol. The fourth-order valence-corrected chi connectivity index (χ4v) is 2.98. The number of aliphatic carboxylic acids is 1. The van der Waals surface area contributed by atoms with Crippen LogP contribution in [-0.4, -0.2) is 23.7 Å². The fourth-order valence-electron chi connectivity index (χ4n) is 2.98. The number of carbonyl (C=O) groups is 2. The highest BCUT2D eigenvalue weighted by molar-refractivity contribution is 5.75. The van der Waals surface area contributed by atoms with Crippen LogP contribution >= 0.6 is 0 Å². The van der Waals surface area contributed by atoms with E-state index in [1.165, 1.54) is 12.8 Å². The second-order valence-corrected chi connectivity index (χ2v) is 6.32. The lowest BCUT2D eigenvalue weighted by atomic mass is 9.83. The quantitative estimate of drug-likeness (QED) is 0.820. The Morgan fingerprint density at radius 1 is 1.09 bits per heavy atom. The molecule has 1 saturated carbocycles. The molecule has 120 valence electrons. The Bertz CT molecular complexity index is 516. The Labute approximate surface area is 131 Å². The molecule has 0 aromatic heterocycles. The summed E-state index contributed by atoms with van der Waals surface area (Å²) in [5.74, 6) is 0.109. The van der Waals surface area contributed by atoms with Gasteiger partial charge in [-0.25, -0.2) is 0 Å². The van der Waals surface area contributed by atoms with E-state index >= 15 is 0 Å². The molecule has 0 heterocycles. The van der Waals surface area contributed by atoms with Crippen molar-refractivity contribution in [2.45, 2.75) is 45.4 Å². The molecule has 1 aromatic carbocycles. The highest BCUT2D eigenvalue weighted by Crippen LogP contribution is 2.28. The van der Waals surface area contributed by atoms with Crippen LogP contribution < -0.4 is 0 Å². The third kappa shape index (κ3) is 5.17. The number of hydrogen-bond donors (Lipinski definition) is 1. The van der Waals surface area contributed by atoms with Gasteiger partial charge >= 0.3 is 11.9 Å². The largest absolute Gasteiger partial charge is 0.481 e. The van der Waals surface area contributed by atoms with Crippen molar-refractivity contribution in [2.75, 3.05) is 6.61 Å². The Hall–Kier alpha value is -1.84. The van der Waals surface area contributed by atoms with Gasteiger partial charge in [0.2, 0.25) is 0 Å². The van der Waals surface area contributed by atoms with E-state index in [-0.39, 0.29) is 18.8 Å². The van der Waals surface area contributed by atoms with Crippen LogP contribution in [0.25, 0.3) is 0 Å². The van der Waals surface area contributed by atoms with Crippen LogP contribution in [0.15, 0.2) is 24.3 Å². The van der Waals surface area contributed by atoms with Crippen molar-refractivity contribution in [2.24, 2.45) is 11.8 Å². The van der Waals surface area contributed by atoms with E-state index < -0.39 is 5.97 Å². The van der Waals surface area contributed by atoms with E-state index in [4.69, 9.17) is 9.84 Å². The summed E-state index contributed by atoms with van der Waals surface area (Å²) in [7, 11) is 0. The average Bonchev–Trinajstić information content (AvgIpc) is 2.48. The van der Waals surface area contributed by atoms with Crippen molar-refractivity contribution >= 4 is 11.9 Å². The van der Waals surface area contributed by atoms with Gasteiger partial charge in [-0.3, -0.25) is 9.59 Å². The van der Waals surface area contributed by atoms with Gasteiger partial charge in [-0.05, 0) is 35.8 Å². The first-order chi connectivity index (χ1) is 10.5. The molecule has 1 aliphatic carbocycles. The van der Waals surface area contributed by atoms with Gasteiger partial charge in [-0.15, -0.1) is 0 Å². The van der Waals surface area contributed by atoms with Gasteiger partial charge in [0.15, 0.2) is 0 Å². The SMILES string of the molecule is CC1CCC(COC(=O)Cc2ccccc2CC(=O)O)CC1. The number of rotatable bonds is 6.